The average molecular weight is 297 g/mol. The summed E-state index contributed by atoms with van der Waals surface area (Å²) in [5.74, 6) is -2.46. The van der Waals surface area contributed by atoms with Crippen molar-refractivity contribution in [3.63, 3.8) is 0 Å². The molecular formula is C14H16FNO5. The highest BCUT2D eigenvalue weighted by Crippen LogP contribution is 2.23. The van der Waals surface area contributed by atoms with E-state index in [0.717, 1.165) is 12.5 Å². The van der Waals surface area contributed by atoms with Crippen molar-refractivity contribution in [2.45, 2.75) is 25.0 Å². The Kier molecular flexibility index (Phi) is 4.74. The Morgan fingerprint density at radius 1 is 1.52 bits per heavy atom. The van der Waals surface area contributed by atoms with E-state index in [1.54, 1.807) is 0 Å². The van der Waals surface area contributed by atoms with E-state index >= 15 is 0 Å². The maximum atomic E-state index is 13.7. The van der Waals surface area contributed by atoms with Crippen LogP contribution in [0.5, 0.6) is 5.75 Å². The summed E-state index contributed by atoms with van der Waals surface area (Å²) in [6.45, 7) is 0.479. The molecule has 0 spiro atoms. The van der Waals surface area contributed by atoms with Crippen molar-refractivity contribution in [3.05, 3.63) is 29.6 Å². The summed E-state index contributed by atoms with van der Waals surface area (Å²) in [6.07, 6.45) is 0.664. The Labute approximate surface area is 120 Å². The van der Waals surface area contributed by atoms with Gasteiger partial charge in [0, 0.05) is 6.61 Å². The number of carbonyl (C=O) groups is 2. The fourth-order valence-electron chi connectivity index (χ4n) is 2.17. The zero-order valence-corrected chi connectivity index (χ0v) is 11.5. The molecule has 0 aliphatic carbocycles. The number of carbonyl (C=O) groups excluding carboxylic acids is 1. The third-order valence-electron chi connectivity index (χ3n) is 3.26. The van der Waals surface area contributed by atoms with E-state index < -0.39 is 29.8 Å². The van der Waals surface area contributed by atoms with E-state index in [0.29, 0.717) is 13.0 Å². The predicted octanol–water partition coefficient (Wildman–Crippen LogP) is 1.26. The molecule has 0 bridgehead atoms. The maximum Gasteiger partial charge on any atom is 0.330 e. The molecule has 1 fully saturated rings. The zero-order chi connectivity index (χ0) is 15.4. The second kappa shape index (κ2) is 6.53. The summed E-state index contributed by atoms with van der Waals surface area (Å²) < 4.78 is 23.6. The lowest BCUT2D eigenvalue weighted by Crippen LogP contribution is -2.40. The van der Waals surface area contributed by atoms with E-state index in [1.165, 1.54) is 19.2 Å². The van der Waals surface area contributed by atoms with Gasteiger partial charge in [-0.1, -0.05) is 6.07 Å². The van der Waals surface area contributed by atoms with Crippen LogP contribution >= 0.6 is 0 Å². The first kappa shape index (κ1) is 15.2. The predicted molar refractivity (Wildman–Crippen MR) is 70.4 cm³/mol. The summed E-state index contributed by atoms with van der Waals surface area (Å²) in [5.41, 5.74) is 0.132. The molecule has 6 nitrogen and oxygen atoms in total. The Bertz CT molecular complexity index is 542. The van der Waals surface area contributed by atoms with Crippen LogP contribution in [0.1, 0.15) is 24.4 Å². The molecule has 1 amide bonds. The maximum absolute atomic E-state index is 13.7. The lowest BCUT2D eigenvalue weighted by molar-refractivity contribution is -0.143. The second-order valence-corrected chi connectivity index (χ2v) is 4.68. The number of carboxylic acid groups (broad SMARTS) is 1. The van der Waals surface area contributed by atoms with Crippen LogP contribution in [-0.2, 0) is 14.3 Å². The molecule has 7 heteroatoms. The first-order valence-electron chi connectivity index (χ1n) is 6.51. The number of rotatable bonds is 5. The van der Waals surface area contributed by atoms with Crippen LogP contribution in [0.3, 0.4) is 0 Å². The van der Waals surface area contributed by atoms with Crippen molar-refractivity contribution in [1.82, 2.24) is 5.32 Å². The summed E-state index contributed by atoms with van der Waals surface area (Å²) in [6, 6.07) is 2.42. The Morgan fingerprint density at radius 3 is 2.81 bits per heavy atom. The summed E-state index contributed by atoms with van der Waals surface area (Å²) in [5, 5.41) is 11.6. The molecule has 1 aromatic carbocycles. The van der Waals surface area contributed by atoms with E-state index in [-0.39, 0.29) is 11.3 Å². The first-order chi connectivity index (χ1) is 10.0. The van der Waals surface area contributed by atoms with Gasteiger partial charge in [-0.05, 0) is 30.5 Å². The molecule has 2 N–H and O–H groups in total. The van der Waals surface area contributed by atoms with Crippen LogP contribution in [0, 0.1) is 5.82 Å². The van der Waals surface area contributed by atoms with Gasteiger partial charge >= 0.3 is 5.97 Å². The van der Waals surface area contributed by atoms with Crippen LogP contribution < -0.4 is 10.1 Å². The van der Waals surface area contributed by atoms with Crippen LogP contribution in [0.2, 0.25) is 0 Å². The van der Waals surface area contributed by atoms with Gasteiger partial charge in [-0.15, -0.1) is 0 Å². The highest BCUT2D eigenvalue weighted by atomic mass is 19.1. The number of ether oxygens (including phenoxy) is 2. The van der Waals surface area contributed by atoms with Crippen molar-refractivity contribution in [3.8, 4) is 5.75 Å². The minimum Gasteiger partial charge on any atom is -0.494 e. The largest absolute Gasteiger partial charge is 0.494 e. The van der Waals surface area contributed by atoms with Gasteiger partial charge in [0.15, 0.2) is 17.6 Å². The summed E-state index contributed by atoms with van der Waals surface area (Å²) in [4.78, 5) is 23.2. The molecule has 0 aromatic heterocycles. The van der Waals surface area contributed by atoms with Gasteiger partial charge < -0.3 is 19.9 Å². The lowest BCUT2D eigenvalue weighted by atomic mass is 10.1. The second-order valence-electron chi connectivity index (χ2n) is 4.68. The standard InChI is InChI=1S/C14H16FNO5/c1-20-10-5-4-8(7-9(10)15)12(14(18)19)16-13(17)11-3-2-6-21-11/h4-5,7,11-12H,2-3,6H2,1H3,(H,16,17)(H,18,19). The Hall–Kier alpha value is -2.15. The lowest BCUT2D eigenvalue weighted by Gasteiger charge is -2.18. The normalized spacial score (nSPS) is 19.0. The van der Waals surface area contributed by atoms with Gasteiger partial charge in [0.2, 0.25) is 5.91 Å². The van der Waals surface area contributed by atoms with Crippen LogP contribution in [0.4, 0.5) is 4.39 Å². The van der Waals surface area contributed by atoms with Crippen molar-refractivity contribution in [2.24, 2.45) is 0 Å². The van der Waals surface area contributed by atoms with Crippen LogP contribution in [0.15, 0.2) is 18.2 Å². The third-order valence-corrected chi connectivity index (χ3v) is 3.26. The molecule has 1 aromatic rings. The van der Waals surface area contributed by atoms with E-state index in [1.807, 2.05) is 0 Å². The number of aliphatic carboxylic acids is 1. The molecule has 21 heavy (non-hydrogen) atoms. The van der Waals surface area contributed by atoms with Gasteiger partial charge in [0.05, 0.1) is 7.11 Å². The number of nitrogens with one attached hydrogen (secondary N) is 1. The number of halogens is 1. The smallest absolute Gasteiger partial charge is 0.330 e. The Morgan fingerprint density at radius 2 is 2.29 bits per heavy atom. The number of carboxylic acids is 1. The van der Waals surface area contributed by atoms with Gasteiger partial charge in [-0.3, -0.25) is 4.79 Å². The molecule has 1 aliphatic heterocycles. The van der Waals surface area contributed by atoms with Crippen molar-refractivity contribution in [2.75, 3.05) is 13.7 Å². The number of hydrogen-bond donors (Lipinski definition) is 2. The van der Waals surface area contributed by atoms with Crippen molar-refractivity contribution >= 4 is 11.9 Å². The fraction of sp³-hybridized carbons (Fsp3) is 0.429. The molecule has 0 saturated carbocycles. The van der Waals surface area contributed by atoms with Gasteiger partial charge in [-0.25, -0.2) is 9.18 Å². The SMILES string of the molecule is COc1ccc(C(NC(=O)C2CCCO2)C(=O)O)cc1F. The van der Waals surface area contributed by atoms with Crippen LogP contribution in [-0.4, -0.2) is 36.8 Å². The van der Waals surface area contributed by atoms with Gasteiger partial charge in [0.25, 0.3) is 0 Å². The highest BCUT2D eigenvalue weighted by molar-refractivity contribution is 5.87. The average Bonchev–Trinajstić information content (AvgIpc) is 2.98. The third kappa shape index (κ3) is 3.49. The first-order valence-corrected chi connectivity index (χ1v) is 6.51. The summed E-state index contributed by atoms with van der Waals surface area (Å²) >= 11 is 0. The van der Waals surface area contributed by atoms with Crippen molar-refractivity contribution in [1.29, 1.82) is 0 Å². The molecule has 0 radical (unpaired) electrons. The van der Waals surface area contributed by atoms with Crippen LogP contribution in [0.25, 0.3) is 0 Å². The molecule has 1 saturated heterocycles. The molecule has 1 heterocycles. The highest BCUT2D eigenvalue weighted by Gasteiger charge is 2.29. The molecule has 2 rings (SSSR count). The fourth-order valence-corrected chi connectivity index (χ4v) is 2.17. The molecule has 1 aliphatic rings. The number of methoxy groups -OCH3 is 1. The summed E-state index contributed by atoms with van der Waals surface area (Å²) in [7, 11) is 1.31. The van der Waals surface area contributed by atoms with Crippen molar-refractivity contribution < 1.29 is 28.6 Å². The van der Waals surface area contributed by atoms with E-state index in [2.05, 4.69) is 5.32 Å². The zero-order valence-electron chi connectivity index (χ0n) is 11.5. The topological polar surface area (TPSA) is 84.9 Å². The van der Waals surface area contributed by atoms with E-state index in [4.69, 9.17) is 9.47 Å². The monoisotopic (exact) mass is 297 g/mol. The quantitative estimate of drug-likeness (QED) is 0.854. The molecule has 114 valence electrons. The molecule has 2 unspecified atom stereocenters. The number of hydrogen-bond acceptors (Lipinski definition) is 4. The number of amides is 1. The Balaban J connectivity index is 2.16. The minimum absolute atomic E-state index is 0.00772. The van der Waals surface area contributed by atoms with Gasteiger partial charge in [-0.2, -0.15) is 0 Å². The van der Waals surface area contributed by atoms with E-state index in [9.17, 15) is 19.1 Å². The molecular weight excluding hydrogens is 281 g/mol. The minimum atomic E-state index is -1.33. The number of benzene rings is 1. The molecule has 2 atom stereocenters. The van der Waals surface area contributed by atoms with Gasteiger partial charge in [0.1, 0.15) is 6.10 Å².